The number of ether oxygens (including phenoxy) is 1. The monoisotopic (exact) mass is 468 g/mol. The van der Waals surface area contributed by atoms with Crippen molar-refractivity contribution < 1.29 is 19.4 Å². The predicted molar refractivity (Wildman–Crippen MR) is 136 cm³/mol. The molecule has 0 saturated heterocycles. The minimum Gasteiger partial charge on any atom is -0.497 e. The van der Waals surface area contributed by atoms with Gasteiger partial charge in [-0.15, -0.1) is 0 Å². The molecule has 0 bridgehead atoms. The van der Waals surface area contributed by atoms with Crippen LogP contribution in [0, 0.1) is 0 Å². The zero-order chi connectivity index (χ0) is 24.4. The summed E-state index contributed by atoms with van der Waals surface area (Å²) in [5.41, 5.74) is 4.00. The number of carboxylic acid groups (broad SMARTS) is 1. The van der Waals surface area contributed by atoms with Crippen molar-refractivity contribution in [3.05, 3.63) is 89.6 Å². The molecule has 0 aliphatic heterocycles. The quantitative estimate of drug-likeness (QED) is 0.363. The highest BCUT2D eigenvalue weighted by atomic mass is 16.5. The third-order valence-electron chi connectivity index (χ3n) is 6.77. The van der Waals surface area contributed by atoms with Crippen LogP contribution in [0.2, 0.25) is 0 Å². The molecular weight excluding hydrogens is 440 g/mol. The smallest absolute Gasteiger partial charge is 0.353 e. The van der Waals surface area contributed by atoms with E-state index in [2.05, 4.69) is 5.32 Å². The maximum absolute atomic E-state index is 12.7. The van der Waals surface area contributed by atoms with Crippen LogP contribution in [-0.4, -0.2) is 34.7 Å². The summed E-state index contributed by atoms with van der Waals surface area (Å²) in [6.45, 7) is 0.390. The van der Waals surface area contributed by atoms with Crippen LogP contribution in [0.4, 0.5) is 0 Å². The number of carbonyl (C=O) groups is 2. The number of nitrogens with one attached hydrogen (secondary N) is 1. The van der Waals surface area contributed by atoms with E-state index < -0.39 is 5.97 Å². The Hall–Kier alpha value is -4.06. The van der Waals surface area contributed by atoms with Crippen LogP contribution in [0.15, 0.2) is 72.8 Å². The summed E-state index contributed by atoms with van der Waals surface area (Å²) in [6, 6.07) is 22.8. The molecule has 1 heterocycles. The molecule has 6 nitrogen and oxygen atoms in total. The number of fused-ring (bicyclic) bond motifs is 1. The van der Waals surface area contributed by atoms with Crippen LogP contribution < -0.4 is 10.1 Å². The molecule has 35 heavy (non-hydrogen) atoms. The largest absolute Gasteiger partial charge is 0.497 e. The van der Waals surface area contributed by atoms with Gasteiger partial charge in [0.25, 0.3) is 5.91 Å². The van der Waals surface area contributed by atoms with Gasteiger partial charge in [0.15, 0.2) is 0 Å². The minimum absolute atomic E-state index is 0.0811. The lowest BCUT2D eigenvalue weighted by atomic mass is 10.00. The Morgan fingerprint density at radius 1 is 1.00 bits per heavy atom. The number of carbonyl (C=O) groups excluding carboxylic acids is 1. The molecule has 0 spiro atoms. The number of carboxylic acids is 1. The van der Waals surface area contributed by atoms with Crippen LogP contribution in [0.3, 0.4) is 0 Å². The van der Waals surface area contributed by atoms with E-state index in [-0.39, 0.29) is 17.6 Å². The fourth-order valence-corrected chi connectivity index (χ4v) is 5.06. The van der Waals surface area contributed by atoms with Gasteiger partial charge in [0.2, 0.25) is 0 Å². The standard InChI is InChI=1S/C29H28N2O4/c1-35-23-10-6-7-19(17-23)18-31-25-12-5-4-11-24(25)26(27(31)29(33)34)20-13-15-21(16-14-20)28(32)30-22-8-2-3-9-22/h4-7,10-17,22H,2-3,8-9,18H2,1H3,(H,30,32)(H,33,34). The Labute approximate surface area is 204 Å². The van der Waals surface area contributed by atoms with Crippen molar-refractivity contribution in [1.82, 2.24) is 9.88 Å². The first-order valence-electron chi connectivity index (χ1n) is 11.9. The molecule has 1 aliphatic rings. The first-order valence-corrected chi connectivity index (χ1v) is 11.9. The first-order chi connectivity index (χ1) is 17.0. The Morgan fingerprint density at radius 2 is 1.74 bits per heavy atom. The zero-order valence-corrected chi connectivity index (χ0v) is 19.7. The summed E-state index contributed by atoms with van der Waals surface area (Å²) in [4.78, 5) is 25.2. The number of hydrogen-bond donors (Lipinski definition) is 2. The molecule has 1 aromatic heterocycles. The van der Waals surface area contributed by atoms with Crippen molar-refractivity contribution in [3.8, 4) is 16.9 Å². The predicted octanol–water partition coefficient (Wildman–Crippen LogP) is 5.74. The van der Waals surface area contributed by atoms with Gasteiger partial charge >= 0.3 is 5.97 Å². The molecule has 178 valence electrons. The number of benzene rings is 3. The summed E-state index contributed by atoms with van der Waals surface area (Å²) >= 11 is 0. The van der Waals surface area contributed by atoms with Crippen LogP contribution in [-0.2, 0) is 6.54 Å². The molecule has 1 saturated carbocycles. The van der Waals surface area contributed by atoms with Crippen molar-refractivity contribution in [2.75, 3.05) is 7.11 Å². The number of aromatic carboxylic acids is 1. The average Bonchev–Trinajstić information content (AvgIpc) is 3.50. The van der Waals surface area contributed by atoms with Gasteiger partial charge in [0.05, 0.1) is 7.11 Å². The van der Waals surface area contributed by atoms with E-state index in [1.54, 1.807) is 19.2 Å². The summed E-state index contributed by atoms with van der Waals surface area (Å²) in [7, 11) is 1.61. The van der Waals surface area contributed by atoms with E-state index >= 15 is 0 Å². The number of para-hydroxylation sites is 1. The lowest BCUT2D eigenvalue weighted by molar-refractivity contribution is 0.0687. The second-order valence-corrected chi connectivity index (χ2v) is 9.02. The third-order valence-corrected chi connectivity index (χ3v) is 6.77. The topological polar surface area (TPSA) is 80.6 Å². The molecule has 6 heteroatoms. The van der Waals surface area contributed by atoms with E-state index in [1.165, 1.54) is 0 Å². The highest BCUT2D eigenvalue weighted by Crippen LogP contribution is 2.36. The Kier molecular flexibility index (Phi) is 6.27. The number of aromatic nitrogens is 1. The number of amides is 1. The molecule has 1 amide bonds. The molecule has 1 aliphatic carbocycles. The average molecular weight is 469 g/mol. The molecule has 2 N–H and O–H groups in total. The normalized spacial score (nSPS) is 13.7. The zero-order valence-electron chi connectivity index (χ0n) is 19.7. The molecule has 0 radical (unpaired) electrons. The second kappa shape index (κ2) is 9.66. The minimum atomic E-state index is -0.998. The Morgan fingerprint density at radius 3 is 2.46 bits per heavy atom. The van der Waals surface area contributed by atoms with Gasteiger partial charge in [-0.1, -0.05) is 55.3 Å². The fraction of sp³-hybridized carbons (Fsp3) is 0.241. The van der Waals surface area contributed by atoms with Crippen molar-refractivity contribution in [1.29, 1.82) is 0 Å². The van der Waals surface area contributed by atoms with Gasteiger partial charge < -0.3 is 19.7 Å². The molecule has 0 atom stereocenters. The maximum Gasteiger partial charge on any atom is 0.353 e. The van der Waals surface area contributed by atoms with Crippen molar-refractivity contribution in [3.63, 3.8) is 0 Å². The third kappa shape index (κ3) is 4.52. The van der Waals surface area contributed by atoms with Gasteiger partial charge in [-0.25, -0.2) is 4.79 Å². The summed E-state index contributed by atoms with van der Waals surface area (Å²) in [6.07, 6.45) is 4.36. The van der Waals surface area contributed by atoms with Gasteiger partial charge in [0.1, 0.15) is 11.4 Å². The van der Waals surface area contributed by atoms with E-state index in [0.717, 1.165) is 53.5 Å². The SMILES string of the molecule is COc1cccc(Cn2c(C(=O)O)c(-c3ccc(C(=O)NC4CCCC4)cc3)c3ccccc32)c1. The second-order valence-electron chi connectivity index (χ2n) is 9.02. The van der Waals surface area contributed by atoms with E-state index in [9.17, 15) is 14.7 Å². The first kappa shape index (κ1) is 22.7. The van der Waals surface area contributed by atoms with Crippen LogP contribution in [0.5, 0.6) is 5.75 Å². The molecule has 5 rings (SSSR count). The van der Waals surface area contributed by atoms with Crippen molar-refractivity contribution >= 4 is 22.8 Å². The molecule has 4 aromatic rings. The Bertz CT molecular complexity index is 1380. The number of rotatable bonds is 7. The van der Waals surface area contributed by atoms with Crippen molar-refractivity contribution in [2.45, 2.75) is 38.3 Å². The fourth-order valence-electron chi connectivity index (χ4n) is 5.06. The van der Waals surface area contributed by atoms with Crippen LogP contribution >= 0.6 is 0 Å². The highest BCUT2D eigenvalue weighted by molar-refractivity contribution is 6.08. The number of hydrogen-bond acceptors (Lipinski definition) is 3. The summed E-state index contributed by atoms with van der Waals surface area (Å²) in [5.74, 6) is -0.355. The van der Waals surface area contributed by atoms with Crippen LogP contribution in [0.25, 0.3) is 22.0 Å². The molecule has 0 unspecified atom stereocenters. The molecular formula is C29H28N2O4. The number of methoxy groups -OCH3 is 1. The van der Waals surface area contributed by atoms with Crippen molar-refractivity contribution in [2.24, 2.45) is 0 Å². The van der Waals surface area contributed by atoms with E-state index in [0.29, 0.717) is 17.7 Å². The van der Waals surface area contributed by atoms with Gasteiger partial charge in [-0.3, -0.25) is 4.79 Å². The molecule has 1 fully saturated rings. The lowest BCUT2D eigenvalue weighted by Crippen LogP contribution is -2.32. The number of nitrogens with zero attached hydrogens (tertiary/aromatic N) is 1. The molecule has 3 aromatic carbocycles. The highest BCUT2D eigenvalue weighted by Gasteiger charge is 2.24. The Balaban J connectivity index is 1.55. The van der Waals surface area contributed by atoms with Gasteiger partial charge in [-0.2, -0.15) is 0 Å². The van der Waals surface area contributed by atoms with Gasteiger partial charge in [0, 0.05) is 34.6 Å². The summed E-state index contributed by atoms with van der Waals surface area (Å²) in [5, 5.41) is 14.2. The van der Waals surface area contributed by atoms with E-state index in [1.807, 2.05) is 65.2 Å². The maximum atomic E-state index is 12.7. The summed E-state index contributed by atoms with van der Waals surface area (Å²) < 4.78 is 7.18. The van der Waals surface area contributed by atoms with Crippen LogP contribution in [0.1, 0.15) is 52.1 Å². The van der Waals surface area contributed by atoms with E-state index in [4.69, 9.17) is 4.74 Å². The lowest BCUT2D eigenvalue weighted by Gasteiger charge is -2.12. The van der Waals surface area contributed by atoms with Gasteiger partial charge in [-0.05, 0) is 54.3 Å².